The first kappa shape index (κ1) is 15.9. The summed E-state index contributed by atoms with van der Waals surface area (Å²) < 4.78 is 1.08. The van der Waals surface area contributed by atoms with Gasteiger partial charge >= 0.3 is 0 Å². The Morgan fingerprint density at radius 1 is 1.30 bits per heavy atom. The molecule has 1 fully saturated rings. The second-order valence-corrected chi connectivity index (χ2v) is 7.05. The molecular formula is C17H18N4S2. The van der Waals surface area contributed by atoms with E-state index in [4.69, 9.17) is 12.2 Å². The second-order valence-electron chi connectivity index (χ2n) is 5.61. The second kappa shape index (κ2) is 7.53. The number of thiazole rings is 1. The highest BCUT2D eigenvalue weighted by atomic mass is 32.1. The van der Waals surface area contributed by atoms with Gasteiger partial charge in [0, 0.05) is 12.2 Å². The number of aromatic nitrogens is 1. The van der Waals surface area contributed by atoms with E-state index < -0.39 is 0 Å². The van der Waals surface area contributed by atoms with Crippen molar-refractivity contribution in [1.82, 2.24) is 15.6 Å². The largest absolute Gasteiger partial charge is 0.360 e. The molecule has 1 saturated carbocycles. The predicted molar refractivity (Wildman–Crippen MR) is 99.0 cm³/mol. The van der Waals surface area contributed by atoms with Gasteiger partial charge in [-0.3, -0.25) is 0 Å². The van der Waals surface area contributed by atoms with Crippen molar-refractivity contribution >= 4 is 44.5 Å². The molecule has 118 valence electrons. The Morgan fingerprint density at radius 3 is 2.83 bits per heavy atom. The Kier molecular flexibility index (Phi) is 5.21. The standard InChI is InChI=1S/C17H18N4S2/c18-10-12(16-21-14-8-4-5-9-15(14)23-16)11-19-17(22)20-13-6-2-1-3-7-13/h4-5,8-9,11,13H,1-3,6-7H2,(H2,19,20,22). The summed E-state index contributed by atoms with van der Waals surface area (Å²) in [7, 11) is 0. The van der Waals surface area contributed by atoms with Crippen LogP contribution in [0, 0.1) is 11.3 Å². The highest BCUT2D eigenvalue weighted by molar-refractivity contribution is 7.80. The number of nitriles is 1. The van der Waals surface area contributed by atoms with Crippen molar-refractivity contribution < 1.29 is 0 Å². The van der Waals surface area contributed by atoms with Crippen LogP contribution in [0.4, 0.5) is 0 Å². The first-order chi connectivity index (χ1) is 11.3. The van der Waals surface area contributed by atoms with Crippen molar-refractivity contribution in [1.29, 1.82) is 5.26 Å². The number of allylic oxidation sites excluding steroid dienone is 1. The fourth-order valence-electron chi connectivity index (χ4n) is 2.74. The molecule has 0 saturated heterocycles. The summed E-state index contributed by atoms with van der Waals surface area (Å²) in [5, 5.41) is 17.0. The van der Waals surface area contributed by atoms with Crippen LogP contribution in [0.3, 0.4) is 0 Å². The highest BCUT2D eigenvalue weighted by Gasteiger charge is 2.14. The maximum atomic E-state index is 9.38. The lowest BCUT2D eigenvalue weighted by Gasteiger charge is -2.23. The van der Waals surface area contributed by atoms with Gasteiger partial charge in [-0.15, -0.1) is 11.3 Å². The Labute approximate surface area is 145 Å². The van der Waals surface area contributed by atoms with Crippen molar-refractivity contribution in [2.24, 2.45) is 0 Å². The fourth-order valence-corrected chi connectivity index (χ4v) is 3.90. The molecule has 0 aliphatic heterocycles. The lowest BCUT2D eigenvalue weighted by Crippen LogP contribution is -2.40. The third-order valence-corrected chi connectivity index (χ3v) is 5.24. The van der Waals surface area contributed by atoms with Gasteiger partial charge in [0.2, 0.25) is 0 Å². The smallest absolute Gasteiger partial charge is 0.170 e. The molecule has 2 N–H and O–H groups in total. The minimum absolute atomic E-state index is 0.449. The van der Waals surface area contributed by atoms with E-state index >= 15 is 0 Å². The average molecular weight is 342 g/mol. The fraction of sp³-hybridized carbons (Fsp3) is 0.353. The highest BCUT2D eigenvalue weighted by Crippen LogP contribution is 2.26. The van der Waals surface area contributed by atoms with E-state index in [1.807, 2.05) is 24.3 Å². The van der Waals surface area contributed by atoms with Crippen molar-refractivity contribution in [3.05, 3.63) is 35.5 Å². The molecule has 0 radical (unpaired) electrons. The van der Waals surface area contributed by atoms with E-state index in [2.05, 4.69) is 21.7 Å². The zero-order chi connectivity index (χ0) is 16.1. The lowest BCUT2D eigenvalue weighted by molar-refractivity contribution is 0.413. The maximum Gasteiger partial charge on any atom is 0.170 e. The molecule has 0 unspecified atom stereocenters. The number of benzene rings is 1. The summed E-state index contributed by atoms with van der Waals surface area (Å²) in [6.45, 7) is 0. The third kappa shape index (κ3) is 4.06. The molecule has 0 bridgehead atoms. The van der Waals surface area contributed by atoms with E-state index in [0.717, 1.165) is 23.1 Å². The van der Waals surface area contributed by atoms with Crippen LogP contribution < -0.4 is 10.6 Å². The number of rotatable bonds is 3. The van der Waals surface area contributed by atoms with Crippen LogP contribution in [0.1, 0.15) is 37.1 Å². The van der Waals surface area contributed by atoms with Gasteiger partial charge in [-0.25, -0.2) is 4.98 Å². The van der Waals surface area contributed by atoms with Gasteiger partial charge in [-0.05, 0) is 37.2 Å². The number of para-hydroxylation sites is 1. The van der Waals surface area contributed by atoms with Gasteiger partial charge in [0.15, 0.2) is 5.11 Å². The lowest BCUT2D eigenvalue weighted by atomic mass is 9.96. The topological polar surface area (TPSA) is 60.7 Å². The summed E-state index contributed by atoms with van der Waals surface area (Å²) >= 11 is 6.83. The molecule has 0 atom stereocenters. The maximum absolute atomic E-state index is 9.38. The summed E-state index contributed by atoms with van der Waals surface area (Å²) in [5.41, 5.74) is 1.41. The molecule has 23 heavy (non-hydrogen) atoms. The van der Waals surface area contributed by atoms with Crippen molar-refractivity contribution in [3.63, 3.8) is 0 Å². The van der Waals surface area contributed by atoms with Crippen LogP contribution >= 0.6 is 23.6 Å². The van der Waals surface area contributed by atoms with Crippen LogP contribution in [0.2, 0.25) is 0 Å². The summed E-state index contributed by atoms with van der Waals surface area (Å²) in [6.07, 6.45) is 7.80. The average Bonchev–Trinajstić information content (AvgIpc) is 3.00. The zero-order valence-electron chi connectivity index (χ0n) is 12.7. The van der Waals surface area contributed by atoms with Gasteiger partial charge in [-0.2, -0.15) is 5.26 Å². The van der Waals surface area contributed by atoms with Crippen molar-refractivity contribution in [2.45, 2.75) is 38.1 Å². The van der Waals surface area contributed by atoms with E-state index in [-0.39, 0.29) is 0 Å². The van der Waals surface area contributed by atoms with E-state index in [1.54, 1.807) is 6.20 Å². The molecule has 2 aromatic rings. The molecule has 1 heterocycles. The number of thiocarbonyl (C=S) groups is 1. The number of hydrogen-bond acceptors (Lipinski definition) is 4. The van der Waals surface area contributed by atoms with Crippen LogP contribution in [0.15, 0.2) is 30.5 Å². The zero-order valence-corrected chi connectivity index (χ0v) is 14.3. The Hall–Kier alpha value is -1.97. The number of hydrogen-bond donors (Lipinski definition) is 2. The molecule has 3 rings (SSSR count). The molecule has 0 spiro atoms. The van der Waals surface area contributed by atoms with E-state index in [1.165, 1.54) is 30.6 Å². The van der Waals surface area contributed by atoms with Crippen LogP contribution in [-0.2, 0) is 0 Å². The normalized spacial score (nSPS) is 16.0. The quantitative estimate of drug-likeness (QED) is 0.653. The molecule has 4 nitrogen and oxygen atoms in total. The van der Waals surface area contributed by atoms with E-state index in [0.29, 0.717) is 21.7 Å². The third-order valence-electron chi connectivity index (χ3n) is 3.93. The summed E-state index contributed by atoms with van der Waals surface area (Å²) in [4.78, 5) is 4.50. The van der Waals surface area contributed by atoms with Gasteiger partial charge in [-0.1, -0.05) is 31.4 Å². The number of fused-ring (bicyclic) bond motifs is 1. The summed E-state index contributed by atoms with van der Waals surface area (Å²) in [5.74, 6) is 0. The molecule has 1 aliphatic rings. The Bertz CT molecular complexity index is 733. The van der Waals surface area contributed by atoms with Crippen molar-refractivity contribution in [3.8, 4) is 6.07 Å². The Morgan fingerprint density at radius 2 is 2.09 bits per heavy atom. The predicted octanol–water partition coefficient (Wildman–Crippen LogP) is 3.96. The molecule has 0 amide bonds. The Balaban J connectivity index is 1.66. The molecule has 6 heteroatoms. The monoisotopic (exact) mass is 342 g/mol. The summed E-state index contributed by atoms with van der Waals surface area (Å²) in [6, 6.07) is 10.5. The van der Waals surface area contributed by atoms with E-state index in [9.17, 15) is 5.26 Å². The van der Waals surface area contributed by atoms with Crippen LogP contribution in [0.25, 0.3) is 15.8 Å². The molecular weight excluding hydrogens is 324 g/mol. The van der Waals surface area contributed by atoms with Crippen LogP contribution in [0.5, 0.6) is 0 Å². The van der Waals surface area contributed by atoms with Gasteiger partial charge < -0.3 is 10.6 Å². The van der Waals surface area contributed by atoms with Crippen LogP contribution in [-0.4, -0.2) is 16.1 Å². The van der Waals surface area contributed by atoms with Gasteiger partial charge in [0.1, 0.15) is 16.6 Å². The molecule has 1 aromatic heterocycles. The SMILES string of the molecule is N#CC(=CNC(=S)NC1CCCCC1)c1nc2ccccc2s1. The number of nitrogens with zero attached hydrogens (tertiary/aromatic N) is 2. The molecule has 1 aliphatic carbocycles. The minimum atomic E-state index is 0.449. The first-order valence-electron chi connectivity index (χ1n) is 7.79. The van der Waals surface area contributed by atoms with Crippen molar-refractivity contribution in [2.75, 3.05) is 0 Å². The first-order valence-corrected chi connectivity index (χ1v) is 9.02. The minimum Gasteiger partial charge on any atom is -0.360 e. The molecule has 1 aromatic carbocycles. The van der Waals surface area contributed by atoms with Gasteiger partial charge in [0.05, 0.1) is 10.2 Å². The number of nitrogens with one attached hydrogen (secondary N) is 2. The van der Waals surface area contributed by atoms with Gasteiger partial charge in [0.25, 0.3) is 0 Å².